The first-order valence-electron chi connectivity index (χ1n) is 6.66. The Morgan fingerprint density at radius 2 is 2.20 bits per heavy atom. The number of nitrogens with zero attached hydrogens (tertiary/aromatic N) is 1. The Morgan fingerprint density at radius 3 is 2.85 bits per heavy atom. The van der Waals surface area contributed by atoms with Gasteiger partial charge in [0, 0.05) is 22.3 Å². The third kappa shape index (κ3) is 3.93. The van der Waals surface area contributed by atoms with E-state index in [0.717, 1.165) is 22.3 Å². The van der Waals surface area contributed by atoms with Crippen LogP contribution in [0.25, 0.3) is 10.1 Å². The second-order valence-electron chi connectivity index (χ2n) is 6.20. The van der Waals surface area contributed by atoms with Gasteiger partial charge < -0.3 is 10.4 Å². The number of carboxylic acid groups (broad SMARTS) is 1. The maximum Gasteiger partial charge on any atom is 0.305 e. The normalized spacial score (nSPS) is 13.3. The van der Waals surface area contributed by atoms with Crippen LogP contribution in [0.2, 0.25) is 0 Å². The van der Waals surface area contributed by atoms with Crippen molar-refractivity contribution in [3.05, 3.63) is 23.7 Å². The number of nitrogens with one attached hydrogen (secondary N) is 1. The minimum absolute atomic E-state index is 0.0651. The molecule has 0 amide bonds. The number of anilines is 1. The zero-order valence-electron chi connectivity index (χ0n) is 12.0. The minimum Gasteiger partial charge on any atom is -0.481 e. The zero-order valence-corrected chi connectivity index (χ0v) is 12.8. The van der Waals surface area contributed by atoms with E-state index in [1.165, 1.54) is 0 Å². The standard InChI is InChI=1S/C15H20N2O2S/c1-15(2,3)9-10(8-13(18)19)17-14-11-5-7-20-12(11)4-6-16-14/h4-7,10H,8-9H2,1-3H3,(H,16,17)(H,18,19). The van der Waals surface area contributed by atoms with Crippen LogP contribution < -0.4 is 5.32 Å². The first kappa shape index (κ1) is 14.8. The number of carbonyl (C=O) groups is 1. The van der Waals surface area contributed by atoms with Gasteiger partial charge >= 0.3 is 5.97 Å². The number of aromatic nitrogens is 1. The summed E-state index contributed by atoms with van der Waals surface area (Å²) >= 11 is 1.66. The Morgan fingerprint density at radius 1 is 1.45 bits per heavy atom. The molecule has 108 valence electrons. The Balaban J connectivity index is 2.22. The molecular weight excluding hydrogens is 272 g/mol. The number of hydrogen-bond donors (Lipinski definition) is 2. The van der Waals surface area contributed by atoms with Crippen LogP contribution in [0.4, 0.5) is 5.82 Å². The molecule has 2 rings (SSSR count). The molecule has 0 radical (unpaired) electrons. The van der Waals surface area contributed by atoms with Crippen molar-refractivity contribution in [1.29, 1.82) is 0 Å². The zero-order chi connectivity index (χ0) is 14.8. The molecule has 2 N–H and O–H groups in total. The molecule has 0 saturated heterocycles. The first-order valence-corrected chi connectivity index (χ1v) is 7.54. The Labute approximate surface area is 122 Å². The van der Waals surface area contributed by atoms with E-state index in [9.17, 15) is 4.79 Å². The van der Waals surface area contributed by atoms with Gasteiger partial charge in [0.05, 0.1) is 6.42 Å². The van der Waals surface area contributed by atoms with E-state index in [-0.39, 0.29) is 17.9 Å². The molecule has 0 aliphatic heterocycles. The van der Waals surface area contributed by atoms with Crippen molar-refractivity contribution in [3.63, 3.8) is 0 Å². The molecule has 5 heteroatoms. The van der Waals surface area contributed by atoms with Gasteiger partial charge in [0.2, 0.25) is 0 Å². The lowest BCUT2D eigenvalue weighted by atomic mass is 9.87. The summed E-state index contributed by atoms with van der Waals surface area (Å²) in [4.78, 5) is 15.4. The largest absolute Gasteiger partial charge is 0.481 e. The van der Waals surface area contributed by atoms with E-state index < -0.39 is 5.97 Å². The van der Waals surface area contributed by atoms with Gasteiger partial charge in [0.25, 0.3) is 0 Å². The summed E-state index contributed by atoms with van der Waals surface area (Å²) in [5.74, 6) is -0.0107. The van der Waals surface area contributed by atoms with Gasteiger partial charge in [0.1, 0.15) is 5.82 Å². The van der Waals surface area contributed by atoms with E-state index in [1.54, 1.807) is 17.5 Å². The van der Waals surface area contributed by atoms with Gasteiger partial charge in [-0.05, 0) is 29.3 Å². The highest BCUT2D eigenvalue weighted by molar-refractivity contribution is 7.17. The third-order valence-electron chi connectivity index (χ3n) is 3.00. The van der Waals surface area contributed by atoms with Crippen LogP contribution >= 0.6 is 11.3 Å². The summed E-state index contributed by atoms with van der Waals surface area (Å²) < 4.78 is 1.16. The molecule has 0 aliphatic carbocycles. The lowest BCUT2D eigenvalue weighted by molar-refractivity contribution is -0.137. The summed E-state index contributed by atoms with van der Waals surface area (Å²) in [7, 11) is 0. The summed E-state index contributed by atoms with van der Waals surface area (Å²) in [6, 6.07) is 3.87. The molecule has 2 aromatic heterocycles. The second-order valence-corrected chi connectivity index (χ2v) is 7.14. The number of carboxylic acids is 1. The molecule has 0 bridgehead atoms. The SMILES string of the molecule is CC(C)(C)CC(CC(=O)O)Nc1nccc2sccc12. The third-order valence-corrected chi connectivity index (χ3v) is 3.88. The molecule has 2 heterocycles. The average molecular weight is 292 g/mol. The van der Waals surface area contributed by atoms with E-state index in [1.807, 2.05) is 17.5 Å². The number of aliphatic carboxylic acids is 1. The molecular formula is C15H20N2O2S. The molecule has 0 aliphatic rings. The molecule has 0 spiro atoms. The van der Waals surface area contributed by atoms with Crippen molar-refractivity contribution < 1.29 is 9.90 Å². The lowest BCUT2D eigenvalue weighted by Crippen LogP contribution is -2.28. The smallest absolute Gasteiger partial charge is 0.305 e. The maximum absolute atomic E-state index is 11.0. The van der Waals surface area contributed by atoms with Crippen LogP contribution in [0.15, 0.2) is 23.7 Å². The predicted octanol–water partition coefficient (Wildman–Crippen LogP) is 3.99. The molecule has 4 nitrogen and oxygen atoms in total. The average Bonchev–Trinajstić information content (AvgIpc) is 2.74. The molecule has 1 atom stereocenters. The van der Waals surface area contributed by atoms with Gasteiger partial charge in [-0.25, -0.2) is 4.98 Å². The van der Waals surface area contributed by atoms with Gasteiger partial charge in [-0.1, -0.05) is 20.8 Å². The lowest BCUT2D eigenvalue weighted by Gasteiger charge is -2.26. The number of pyridine rings is 1. The van der Waals surface area contributed by atoms with Crippen LogP contribution in [0.1, 0.15) is 33.6 Å². The van der Waals surface area contributed by atoms with Crippen LogP contribution in [0.5, 0.6) is 0 Å². The monoisotopic (exact) mass is 292 g/mol. The Bertz CT molecular complexity index is 601. The van der Waals surface area contributed by atoms with Crippen molar-refractivity contribution in [2.24, 2.45) is 5.41 Å². The van der Waals surface area contributed by atoms with Crippen molar-refractivity contribution in [2.45, 2.75) is 39.7 Å². The summed E-state index contributed by atoms with van der Waals surface area (Å²) in [5.41, 5.74) is 0.0651. The summed E-state index contributed by atoms with van der Waals surface area (Å²) in [6.07, 6.45) is 2.64. The van der Waals surface area contributed by atoms with E-state index in [0.29, 0.717) is 0 Å². The highest BCUT2D eigenvalue weighted by Crippen LogP contribution is 2.29. The fourth-order valence-electron chi connectivity index (χ4n) is 2.33. The van der Waals surface area contributed by atoms with Gasteiger partial charge in [-0.3, -0.25) is 4.79 Å². The summed E-state index contributed by atoms with van der Waals surface area (Å²) in [5, 5.41) is 15.5. The van der Waals surface area contributed by atoms with Gasteiger partial charge in [0.15, 0.2) is 0 Å². The highest BCUT2D eigenvalue weighted by Gasteiger charge is 2.22. The van der Waals surface area contributed by atoms with Crippen LogP contribution in [0, 0.1) is 5.41 Å². The van der Waals surface area contributed by atoms with Crippen LogP contribution in [-0.2, 0) is 4.79 Å². The van der Waals surface area contributed by atoms with Crippen LogP contribution in [-0.4, -0.2) is 22.1 Å². The number of thiophene rings is 1. The first-order chi connectivity index (χ1) is 9.35. The van der Waals surface area contributed by atoms with Crippen LogP contribution in [0.3, 0.4) is 0 Å². The van der Waals surface area contributed by atoms with Gasteiger partial charge in [-0.15, -0.1) is 11.3 Å². The second kappa shape index (κ2) is 5.79. The molecule has 0 saturated carbocycles. The summed E-state index contributed by atoms with van der Waals surface area (Å²) in [6.45, 7) is 6.34. The van der Waals surface area contributed by atoms with E-state index >= 15 is 0 Å². The molecule has 2 aromatic rings. The number of fused-ring (bicyclic) bond motifs is 1. The Kier molecular flexibility index (Phi) is 4.28. The maximum atomic E-state index is 11.0. The molecule has 0 aromatic carbocycles. The van der Waals surface area contributed by atoms with Crippen molar-refractivity contribution in [2.75, 3.05) is 5.32 Å². The fourth-order valence-corrected chi connectivity index (χ4v) is 3.11. The molecule has 20 heavy (non-hydrogen) atoms. The predicted molar refractivity (Wildman–Crippen MR) is 83.4 cm³/mol. The Hall–Kier alpha value is -1.62. The van der Waals surface area contributed by atoms with Gasteiger partial charge in [-0.2, -0.15) is 0 Å². The number of hydrogen-bond acceptors (Lipinski definition) is 4. The van der Waals surface area contributed by atoms with Crippen molar-refractivity contribution in [3.8, 4) is 0 Å². The number of rotatable bonds is 5. The topological polar surface area (TPSA) is 62.2 Å². The molecule has 1 unspecified atom stereocenters. The fraction of sp³-hybridized carbons (Fsp3) is 0.467. The van der Waals surface area contributed by atoms with Crippen molar-refractivity contribution >= 4 is 33.2 Å². The van der Waals surface area contributed by atoms with E-state index in [4.69, 9.17) is 5.11 Å². The van der Waals surface area contributed by atoms with E-state index in [2.05, 4.69) is 31.1 Å². The molecule has 0 fully saturated rings. The highest BCUT2D eigenvalue weighted by atomic mass is 32.1. The minimum atomic E-state index is -0.788. The quantitative estimate of drug-likeness (QED) is 0.874. The van der Waals surface area contributed by atoms with Crippen molar-refractivity contribution in [1.82, 2.24) is 4.98 Å².